The van der Waals surface area contributed by atoms with Gasteiger partial charge in [0, 0.05) is 24.9 Å². The molecule has 104 valence electrons. The number of hydrogen-bond donors (Lipinski definition) is 2. The minimum Gasteiger partial charge on any atom is -0.395 e. The van der Waals surface area contributed by atoms with E-state index < -0.39 is 0 Å². The molecule has 0 unspecified atom stereocenters. The molecule has 1 aromatic rings. The second kappa shape index (κ2) is 7.96. The van der Waals surface area contributed by atoms with Crippen molar-refractivity contribution >= 4 is 11.8 Å². The van der Waals surface area contributed by atoms with E-state index in [4.69, 9.17) is 23.4 Å². The van der Waals surface area contributed by atoms with Crippen molar-refractivity contribution in [3.8, 4) is 0 Å². The fraction of sp³-hybridized carbons (Fsp3) is 0.333. The molecule has 1 aromatic carbocycles. The van der Waals surface area contributed by atoms with E-state index in [1.807, 2.05) is 30.0 Å². The summed E-state index contributed by atoms with van der Waals surface area (Å²) < 4.78 is 0. The summed E-state index contributed by atoms with van der Waals surface area (Å²) in [4.78, 5) is 8.16. The van der Waals surface area contributed by atoms with Crippen molar-refractivity contribution in [2.24, 2.45) is 0 Å². The van der Waals surface area contributed by atoms with Crippen LogP contribution in [0.5, 0.6) is 0 Å². The molecule has 0 aliphatic carbocycles. The van der Waals surface area contributed by atoms with E-state index in [-0.39, 0.29) is 19.0 Å². The van der Waals surface area contributed by atoms with Crippen LogP contribution in [-0.4, -0.2) is 36.5 Å². The highest BCUT2D eigenvalue weighted by Crippen LogP contribution is 2.21. The number of hydrogen-bond acceptors (Lipinski definition) is 3. The highest BCUT2D eigenvalue weighted by molar-refractivity contribution is 5.63. The number of aryl methyl sites for hydroxylation is 1. The molecular formula is C15H17N3O2. The van der Waals surface area contributed by atoms with Gasteiger partial charge in [-0.05, 0) is 30.2 Å². The minimum absolute atomic E-state index is 0.0142. The number of aliphatic hydroxyl groups excluding tert-OH is 2. The van der Waals surface area contributed by atoms with Gasteiger partial charge in [-0.3, -0.25) is 0 Å². The van der Waals surface area contributed by atoms with Crippen molar-refractivity contribution < 1.29 is 10.2 Å². The van der Waals surface area contributed by atoms with Gasteiger partial charge in [0.05, 0.1) is 13.2 Å². The summed E-state index contributed by atoms with van der Waals surface area (Å²) in [6, 6.07) is 5.61. The lowest BCUT2D eigenvalue weighted by Crippen LogP contribution is -2.29. The Morgan fingerprint density at radius 2 is 1.80 bits per heavy atom. The number of anilines is 1. The molecule has 0 aromatic heterocycles. The van der Waals surface area contributed by atoms with Crippen molar-refractivity contribution in [3.05, 3.63) is 58.0 Å². The summed E-state index contributed by atoms with van der Waals surface area (Å²) in [7, 11) is 0. The van der Waals surface area contributed by atoms with Gasteiger partial charge in [-0.2, -0.15) is 9.69 Å². The van der Waals surface area contributed by atoms with Gasteiger partial charge in [-0.1, -0.05) is 6.07 Å². The third-order valence-electron chi connectivity index (χ3n) is 2.87. The molecule has 0 aliphatic rings. The maximum Gasteiger partial charge on any atom is 0.519 e. The lowest BCUT2D eigenvalue weighted by Gasteiger charge is -2.23. The quantitative estimate of drug-likeness (QED) is 0.777. The monoisotopic (exact) mass is 271 g/mol. The first-order chi connectivity index (χ1) is 9.65. The van der Waals surface area contributed by atoms with Crippen LogP contribution in [0, 0.1) is 20.1 Å². The third-order valence-corrected chi connectivity index (χ3v) is 2.87. The summed E-state index contributed by atoms with van der Waals surface area (Å²) >= 11 is 0. The topological polar surface area (TPSA) is 52.4 Å². The van der Waals surface area contributed by atoms with Crippen LogP contribution in [-0.2, 0) is 0 Å². The van der Waals surface area contributed by atoms with Gasteiger partial charge >= 0.3 is 5.82 Å². The van der Waals surface area contributed by atoms with Crippen molar-refractivity contribution in [3.63, 3.8) is 0 Å². The molecule has 0 atom stereocenters. The van der Waals surface area contributed by atoms with Gasteiger partial charge in [0.15, 0.2) is 0 Å². The molecule has 1 rings (SSSR count). The lowest BCUT2D eigenvalue weighted by molar-refractivity contribution is 0.281. The van der Waals surface area contributed by atoms with Crippen molar-refractivity contribution in [2.45, 2.75) is 6.92 Å². The van der Waals surface area contributed by atoms with Gasteiger partial charge in [0.1, 0.15) is 13.1 Å². The van der Waals surface area contributed by atoms with Crippen LogP contribution in [0.3, 0.4) is 0 Å². The van der Waals surface area contributed by atoms with Gasteiger partial charge in [0.2, 0.25) is 0 Å². The van der Waals surface area contributed by atoms with Crippen LogP contribution in [0.15, 0.2) is 24.0 Å². The Balaban J connectivity index is 3.07. The molecule has 2 N–H and O–H groups in total. The summed E-state index contributed by atoms with van der Waals surface area (Å²) in [6.07, 6.45) is 1.56. The van der Waals surface area contributed by atoms with Crippen molar-refractivity contribution in [1.82, 2.24) is 0 Å². The number of aliphatic hydroxyl groups is 2. The van der Waals surface area contributed by atoms with E-state index in [0.717, 1.165) is 16.8 Å². The van der Waals surface area contributed by atoms with E-state index in [1.165, 1.54) is 0 Å². The first-order valence-electron chi connectivity index (χ1n) is 6.20. The van der Waals surface area contributed by atoms with E-state index in [0.29, 0.717) is 13.1 Å². The Hall–Kier alpha value is -2.34. The molecule has 0 heterocycles. The standard InChI is InChI=1S/C15H17N3O2/c1-12-10-14(18(6-8-19)7-9-20)5-4-13(12)11-15(16-2)17-3/h4-5,10-11,19-20H,6-9H2,1H3. The first-order valence-corrected chi connectivity index (χ1v) is 6.20. The van der Waals surface area contributed by atoms with Crippen LogP contribution in [0.1, 0.15) is 11.1 Å². The smallest absolute Gasteiger partial charge is 0.395 e. The number of nitrogens with zero attached hydrogens (tertiary/aromatic N) is 3. The Kier molecular flexibility index (Phi) is 6.25. The normalized spacial score (nSPS) is 9.45. The lowest BCUT2D eigenvalue weighted by atomic mass is 10.1. The average Bonchev–Trinajstić information content (AvgIpc) is 2.46. The van der Waals surface area contributed by atoms with Crippen LogP contribution >= 0.6 is 0 Å². The highest BCUT2D eigenvalue weighted by atomic mass is 16.3. The van der Waals surface area contributed by atoms with Gasteiger partial charge in [-0.15, -0.1) is 0 Å². The molecule has 0 fully saturated rings. The van der Waals surface area contributed by atoms with Crippen LogP contribution < -0.4 is 4.90 Å². The zero-order chi connectivity index (χ0) is 15.0. The molecule has 0 saturated heterocycles. The van der Waals surface area contributed by atoms with Crippen molar-refractivity contribution in [1.29, 1.82) is 0 Å². The number of benzene rings is 1. The SMILES string of the molecule is [C-]#[N+]C(=Cc1ccc(N(CCO)CCO)cc1C)[N+]#[C-]. The Morgan fingerprint density at radius 3 is 2.25 bits per heavy atom. The summed E-state index contributed by atoms with van der Waals surface area (Å²) in [5.74, 6) is 0.0309. The van der Waals surface area contributed by atoms with Crippen molar-refractivity contribution in [2.75, 3.05) is 31.2 Å². The fourth-order valence-electron chi connectivity index (χ4n) is 1.86. The van der Waals surface area contributed by atoms with E-state index in [9.17, 15) is 0 Å². The maximum absolute atomic E-state index is 9.03. The average molecular weight is 271 g/mol. The Labute approximate surface area is 119 Å². The molecule has 5 heteroatoms. The highest BCUT2D eigenvalue weighted by Gasteiger charge is 2.09. The first kappa shape index (κ1) is 15.7. The molecule has 0 saturated carbocycles. The Morgan fingerprint density at radius 1 is 1.20 bits per heavy atom. The van der Waals surface area contributed by atoms with Gasteiger partial charge in [0.25, 0.3) is 0 Å². The van der Waals surface area contributed by atoms with Crippen LogP contribution in [0.25, 0.3) is 15.8 Å². The van der Waals surface area contributed by atoms with Gasteiger partial charge < -0.3 is 15.1 Å². The fourth-order valence-corrected chi connectivity index (χ4v) is 1.86. The van der Waals surface area contributed by atoms with E-state index >= 15 is 0 Å². The Bertz CT molecular complexity index is 545. The largest absolute Gasteiger partial charge is 0.519 e. The second-order valence-corrected chi connectivity index (χ2v) is 4.20. The van der Waals surface area contributed by atoms with E-state index in [1.54, 1.807) is 6.08 Å². The zero-order valence-electron chi connectivity index (χ0n) is 11.4. The van der Waals surface area contributed by atoms with Gasteiger partial charge in [-0.25, -0.2) is 0 Å². The molecule has 0 bridgehead atoms. The molecule has 0 spiro atoms. The van der Waals surface area contributed by atoms with Crippen LogP contribution in [0.4, 0.5) is 5.69 Å². The summed E-state index contributed by atoms with van der Waals surface area (Å²) in [5, 5.41) is 18.1. The minimum atomic E-state index is 0.0142. The maximum atomic E-state index is 9.03. The molecule has 5 nitrogen and oxygen atoms in total. The summed E-state index contributed by atoms with van der Waals surface area (Å²) in [5.41, 5.74) is 2.66. The number of rotatable bonds is 6. The van der Waals surface area contributed by atoms with Crippen LogP contribution in [0.2, 0.25) is 0 Å². The molecular weight excluding hydrogens is 254 g/mol. The molecule has 20 heavy (non-hydrogen) atoms. The third kappa shape index (κ3) is 4.10. The molecule has 0 radical (unpaired) electrons. The second-order valence-electron chi connectivity index (χ2n) is 4.20. The zero-order valence-corrected chi connectivity index (χ0v) is 11.4. The molecule has 0 aliphatic heterocycles. The van der Waals surface area contributed by atoms with E-state index in [2.05, 4.69) is 9.69 Å². The predicted octanol–water partition coefficient (Wildman–Crippen LogP) is 1.92. The molecule has 0 amide bonds. The predicted molar refractivity (Wildman–Crippen MR) is 78.7 cm³/mol. The summed E-state index contributed by atoms with van der Waals surface area (Å²) in [6.45, 7) is 16.6.